The highest BCUT2D eigenvalue weighted by molar-refractivity contribution is 5.75. The molecular formula is C14H28N2O3. The van der Waals surface area contributed by atoms with Gasteiger partial charge in [-0.2, -0.15) is 0 Å². The normalized spacial score (nSPS) is 13.1. The summed E-state index contributed by atoms with van der Waals surface area (Å²) in [6.07, 6.45) is 3.76. The van der Waals surface area contributed by atoms with Gasteiger partial charge in [0.25, 0.3) is 0 Å². The molecule has 0 aromatic carbocycles. The predicted molar refractivity (Wildman–Crippen MR) is 75.8 cm³/mol. The van der Waals surface area contributed by atoms with Crippen molar-refractivity contribution in [2.75, 3.05) is 6.54 Å². The van der Waals surface area contributed by atoms with E-state index >= 15 is 0 Å². The summed E-state index contributed by atoms with van der Waals surface area (Å²) in [6.45, 7) is 6.46. The summed E-state index contributed by atoms with van der Waals surface area (Å²) in [5.74, 6) is -0.373. The Morgan fingerprint density at radius 2 is 1.89 bits per heavy atom. The van der Waals surface area contributed by atoms with E-state index in [1.807, 2.05) is 20.8 Å². The number of carbonyl (C=O) groups is 2. The van der Waals surface area contributed by atoms with Gasteiger partial charge in [-0.15, -0.1) is 0 Å². The third-order valence-electron chi connectivity index (χ3n) is 3.21. The number of carboxylic acid groups (broad SMARTS) is 1. The van der Waals surface area contributed by atoms with Gasteiger partial charge >= 0.3 is 5.97 Å². The van der Waals surface area contributed by atoms with E-state index in [-0.39, 0.29) is 17.9 Å². The van der Waals surface area contributed by atoms with E-state index in [1.165, 1.54) is 0 Å². The first-order valence-corrected chi connectivity index (χ1v) is 7.02. The van der Waals surface area contributed by atoms with Gasteiger partial charge in [-0.1, -0.05) is 13.3 Å². The molecular weight excluding hydrogens is 244 g/mol. The monoisotopic (exact) mass is 272 g/mol. The fourth-order valence-electron chi connectivity index (χ4n) is 1.82. The van der Waals surface area contributed by atoms with Gasteiger partial charge in [0.1, 0.15) is 0 Å². The van der Waals surface area contributed by atoms with Crippen LogP contribution in [0.25, 0.3) is 0 Å². The van der Waals surface area contributed by atoms with Crippen molar-refractivity contribution in [2.45, 2.75) is 64.8 Å². The largest absolute Gasteiger partial charge is 0.481 e. The Morgan fingerprint density at radius 3 is 2.37 bits per heavy atom. The maximum absolute atomic E-state index is 11.6. The molecule has 1 amide bonds. The second-order valence-corrected chi connectivity index (χ2v) is 5.83. The van der Waals surface area contributed by atoms with Crippen LogP contribution in [-0.4, -0.2) is 29.1 Å². The van der Waals surface area contributed by atoms with Crippen molar-refractivity contribution in [2.24, 2.45) is 11.7 Å². The first kappa shape index (κ1) is 17.9. The van der Waals surface area contributed by atoms with Gasteiger partial charge < -0.3 is 16.2 Å². The Hall–Kier alpha value is -1.10. The lowest BCUT2D eigenvalue weighted by Gasteiger charge is -2.18. The summed E-state index contributed by atoms with van der Waals surface area (Å²) in [6, 6.07) is 0. The molecule has 4 N–H and O–H groups in total. The van der Waals surface area contributed by atoms with Crippen LogP contribution in [0.4, 0.5) is 0 Å². The van der Waals surface area contributed by atoms with Gasteiger partial charge in [0, 0.05) is 24.9 Å². The molecule has 5 nitrogen and oxygen atoms in total. The molecule has 0 aromatic rings. The van der Waals surface area contributed by atoms with Gasteiger partial charge in [-0.25, -0.2) is 0 Å². The van der Waals surface area contributed by atoms with Crippen LogP contribution in [0, 0.1) is 5.92 Å². The average Bonchev–Trinajstić information content (AvgIpc) is 2.29. The van der Waals surface area contributed by atoms with Crippen molar-refractivity contribution in [3.8, 4) is 0 Å². The van der Waals surface area contributed by atoms with Crippen molar-refractivity contribution in [3.63, 3.8) is 0 Å². The van der Waals surface area contributed by atoms with Gasteiger partial charge in [0.15, 0.2) is 0 Å². The van der Waals surface area contributed by atoms with E-state index < -0.39 is 5.97 Å². The summed E-state index contributed by atoms with van der Waals surface area (Å²) < 4.78 is 0. The predicted octanol–water partition coefficient (Wildman–Crippen LogP) is 1.90. The molecule has 0 aromatic heterocycles. The van der Waals surface area contributed by atoms with E-state index in [9.17, 15) is 9.59 Å². The Labute approximate surface area is 115 Å². The molecule has 0 rings (SSSR count). The second-order valence-electron chi connectivity index (χ2n) is 5.83. The van der Waals surface area contributed by atoms with Crippen molar-refractivity contribution in [1.29, 1.82) is 0 Å². The van der Waals surface area contributed by atoms with Crippen molar-refractivity contribution in [3.05, 3.63) is 0 Å². The average molecular weight is 272 g/mol. The first-order valence-electron chi connectivity index (χ1n) is 7.02. The van der Waals surface area contributed by atoms with E-state index in [2.05, 4.69) is 5.32 Å². The highest BCUT2D eigenvalue weighted by atomic mass is 16.4. The van der Waals surface area contributed by atoms with E-state index in [4.69, 9.17) is 10.8 Å². The molecule has 0 saturated heterocycles. The van der Waals surface area contributed by atoms with Crippen LogP contribution in [0.1, 0.15) is 59.3 Å². The maximum Gasteiger partial charge on any atom is 0.303 e. The van der Waals surface area contributed by atoms with E-state index in [0.717, 1.165) is 12.8 Å². The van der Waals surface area contributed by atoms with Crippen LogP contribution < -0.4 is 11.1 Å². The summed E-state index contributed by atoms with van der Waals surface area (Å²) in [7, 11) is 0. The molecule has 19 heavy (non-hydrogen) atoms. The van der Waals surface area contributed by atoms with Crippen LogP contribution in [0.2, 0.25) is 0 Å². The third kappa shape index (κ3) is 11.7. The van der Waals surface area contributed by atoms with Gasteiger partial charge in [0.2, 0.25) is 5.91 Å². The van der Waals surface area contributed by atoms with E-state index in [0.29, 0.717) is 31.7 Å². The molecule has 1 unspecified atom stereocenters. The molecule has 0 spiro atoms. The van der Waals surface area contributed by atoms with Gasteiger partial charge in [-0.3, -0.25) is 9.59 Å². The quantitative estimate of drug-likeness (QED) is 0.566. The number of hydrogen-bond donors (Lipinski definition) is 3. The highest BCUT2D eigenvalue weighted by Crippen LogP contribution is 2.14. The Kier molecular flexibility index (Phi) is 8.39. The van der Waals surface area contributed by atoms with Gasteiger partial charge in [-0.05, 0) is 39.0 Å². The maximum atomic E-state index is 11.6. The zero-order valence-corrected chi connectivity index (χ0v) is 12.4. The van der Waals surface area contributed by atoms with Crippen molar-refractivity contribution in [1.82, 2.24) is 5.32 Å². The molecule has 0 aliphatic rings. The fourth-order valence-corrected chi connectivity index (χ4v) is 1.82. The van der Waals surface area contributed by atoms with E-state index in [1.54, 1.807) is 0 Å². The lowest BCUT2D eigenvalue weighted by Crippen LogP contribution is -2.34. The number of aliphatic carboxylic acids is 1. The smallest absolute Gasteiger partial charge is 0.303 e. The second kappa shape index (κ2) is 8.91. The lowest BCUT2D eigenvalue weighted by molar-refractivity contribution is -0.137. The van der Waals surface area contributed by atoms with Crippen LogP contribution in [0.5, 0.6) is 0 Å². The summed E-state index contributed by atoms with van der Waals surface area (Å²) in [5, 5.41) is 11.5. The number of rotatable bonds is 10. The molecule has 0 aliphatic carbocycles. The zero-order chi connectivity index (χ0) is 14.9. The van der Waals surface area contributed by atoms with Crippen molar-refractivity contribution >= 4 is 11.9 Å². The minimum Gasteiger partial charge on any atom is -0.481 e. The summed E-state index contributed by atoms with van der Waals surface area (Å²) in [4.78, 5) is 22.1. The minimum absolute atomic E-state index is 0.0200. The van der Waals surface area contributed by atoms with Crippen LogP contribution in [0.3, 0.4) is 0 Å². The molecule has 0 radical (unpaired) electrons. The molecule has 112 valence electrons. The van der Waals surface area contributed by atoms with Gasteiger partial charge in [0.05, 0.1) is 0 Å². The minimum atomic E-state index is -0.757. The Bertz CT molecular complexity index is 285. The molecule has 0 bridgehead atoms. The molecule has 5 heteroatoms. The Balaban J connectivity index is 3.75. The fraction of sp³-hybridized carbons (Fsp3) is 0.857. The molecule has 1 atom stereocenters. The SMILES string of the molecule is CCC(CCNC(=O)CCC(C)(C)N)CCC(=O)O. The van der Waals surface area contributed by atoms with Crippen LogP contribution in [-0.2, 0) is 9.59 Å². The summed E-state index contributed by atoms with van der Waals surface area (Å²) >= 11 is 0. The standard InChI is InChI=1S/C14H28N2O3/c1-4-11(5-6-13(18)19)8-10-16-12(17)7-9-14(2,3)15/h11H,4-10,15H2,1-3H3,(H,16,17)(H,18,19). The van der Waals surface area contributed by atoms with Crippen molar-refractivity contribution < 1.29 is 14.7 Å². The Morgan fingerprint density at radius 1 is 1.26 bits per heavy atom. The molecule has 0 heterocycles. The number of amides is 1. The van der Waals surface area contributed by atoms with Crippen LogP contribution >= 0.6 is 0 Å². The number of nitrogens with two attached hydrogens (primary N) is 1. The lowest BCUT2D eigenvalue weighted by atomic mass is 9.96. The van der Waals surface area contributed by atoms with Crippen LogP contribution in [0.15, 0.2) is 0 Å². The molecule has 0 saturated carbocycles. The number of carboxylic acids is 1. The first-order chi connectivity index (χ1) is 8.74. The summed E-state index contributed by atoms with van der Waals surface area (Å²) in [5.41, 5.74) is 5.50. The number of hydrogen-bond acceptors (Lipinski definition) is 3. The number of nitrogens with one attached hydrogen (secondary N) is 1. The number of carbonyl (C=O) groups excluding carboxylic acids is 1. The third-order valence-corrected chi connectivity index (χ3v) is 3.21. The zero-order valence-electron chi connectivity index (χ0n) is 12.4. The molecule has 0 aliphatic heterocycles. The highest BCUT2D eigenvalue weighted by Gasteiger charge is 2.13. The topological polar surface area (TPSA) is 92.4 Å². The molecule has 0 fully saturated rings.